The molecule has 1 fully saturated rings. The summed E-state index contributed by atoms with van der Waals surface area (Å²) in [6, 6.07) is 5.71. The van der Waals surface area contributed by atoms with Gasteiger partial charge in [0, 0.05) is 38.3 Å². The number of nitrogens with zero attached hydrogens (tertiary/aromatic N) is 3. The quantitative estimate of drug-likeness (QED) is 0.754. The van der Waals surface area contributed by atoms with Gasteiger partial charge in [-0.05, 0) is 26.8 Å². The fourth-order valence-electron chi connectivity index (χ4n) is 3.47. The number of sulfonamides is 1. The monoisotopic (exact) mass is 424 g/mol. The van der Waals surface area contributed by atoms with Gasteiger partial charge in [0.2, 0.25) is 15.9 Å². The summed E-state index contributed by atoms with van der Waals surface area (Å²) in [4.78, 5) is 16.4. The largest absolute Gasteiger partial charge is 0.360 e. The van der Waals surface area contributed by atoms with E-state index in [0.717, 1.165) is 0 Å². The van der Waals surface area contributed by atoms with Crippen LogP contribution in [0.3, 0.4) is 0 Å². The third kappa shape index (κ3) is 4.82. The molecule has 1 N–H and O–H groups in total. The number of aryl methyl sites for hydroxylation is 2. The number of hydrogen-bond donors (Lipinski definition) is 1. The van der Waals surface area contributed by atoms with Crippen molar-refractivity contribution in [2.24, 2.45) is 0 Å². The average molecular weight is 424 g/mol. The van der Waals surface area contributed by atoms with Crippen molar-refractivity contribution in [1.29, 1.82) is 0 Å². The second-order valence-corrected chi connectivity index (χ2v) is 8.84. The van der Waals surface area contributed by atoms with Crippen LogP contribution in [0.5, 0.6) is 0 Å². The lowest BCUT2D eigenvalue weighted by Gasteiger charge is -2.36. The number of nitrogens with one attached hydrogen (secondary N) is 1. The molecular weight excluding hydrogens is 399 g/mol. The van der Waals surface area contributed by atoms with Crippen LogP contribution in [0.4, 0.5) is 4.39 Å². The number of carbonyl (C=O) groups excluding carboxylic acids is 1. The van der Waals surface area contributed by atoms with E-state index in [0.29, 0.717) is 38.3 Å². The van der Waals surface area contributed by atoms with E-state index in [2.05, 4.69) is 14.8 Å². The van der Waals surface area contributed by atoms with E-state index in [4.69, 9.17) is 4.52 Å². The molecule has 1 atom stereocenters. The Balaban J connectivity index is 1.57. The van der Waals surface area contributed by atoms with E-state index in [1.165, 1.54) is 26.8 Å². The molecule has 0 radical (unpaired) electrons. The minimum atomic E-state index is -3.92. The first kappa shape index (κ1) is 21.4. The van der Waals surface area contributed by atoms with Gasteiger partial charge in [0.25, 0.3) is 0 Å². The lowest BCUT2D eigenvalue weighted by atomic mass is 10.2. The maximum Gasteiger partial charge on any atom is 0.246 e. The van der Waals surface area contributed by atoms with Gasteiger partial charge in [-0.15, -0.1) is 0 Å². The molecule has 1 aromatic carbocycles. The smallest absolute Gasteiger partial charge is 0.246 e. The minimum Gasteiger partial charge on any atom is -0.360 e. The summed E-state index contributed by atoms with van der Waals surface area (Å²) in [5.41, 5.74) is 0.865. The normalized spacial score (nSPS) is 16.8. The summed E-state index contributed by atoms with van der Waals surface area (Å²) in [6.07, 6.45) is 0. The fraction of sp³-hybridized carbons (Fsp3) is 0.474. The van der Waals surface area contributed by atoms with E-state index < -0.39 is 16.1 Å². The Morgan fingerprint density at radius 1 is 1.24 bits per heavy atom. The Morgan fingerprint density at radius 2 is 1.90 bits per heavy atom. The third-order valence-corrected chi connectivity index (χ3v) is 6.76. The second kappa shape index (κ2) is 8.60. The average Bonchev–Trinajstić information content (AvgIpc) is 3.02. The number of aromatic nitrogens is 1. The maximum absolute atomic E-state index is 13.8. The molecule has 1 aromatic heterocycles. The van der Waals surface area contributed by atoms with Crippen molar-refractivity contribution < 1.29 is 22.1 Å². The van der Waals surface area contributed by atoms with Gasteiger partial charge < -0.3 is 9.42 Å². The van der Waals surface area contributed by atoms with Crippen molar-refractivity contribution >= 4 is 15.9 Å². The number of rotatable bonds is 6. The Bertz CT molecular complexity index is 964. The van der Waals surface area contributed by atoms with E-state index in [1.54, 1.807) is 23.1 Å². The summed E-state index contributed by atoms with van der Waals surface area (Å²) < 4.78 is 46.3. The van der Waals surface area contributed by atoms with Crippen LogP contribution in [0.1, 0.15) is 23.9 Å². The van der Waals surface area contributed by atoms with Crippen LogP contribution in [0.2, 0.25) is 0 Å². The van der Waals surface area contributed by atoms with Crippen molar-refractivity contribution in [3.8, 4) is 0 Å². The summed E-state index contributed by atoms with van der Waals surface area (Å²) in [5, 5.41) is 3.65. The lowest BCUT2D eigenvalue weighted by Crippen LogP contribution is -2.53. The van der Waals surface area contributed by atoms with E-state index in [1.807, 2.05) is 0 Å². The van der Waals surface area contributed by atoms with Crippen molar-refractivity contribution in [3.05, 3.63) is 47.1 Å². The number of piperazine rings is 1. The molecule has 0 bridgehead atoms. The molecule has 0 spiro atoms. The Labute approximate surface area is 169 Å². The molecule has 0 aliphatic carbocycles. The number of hydrogen-bond acceptors (Lipinski definition) is 6. The molecule has 8 nitrogen and oxygen atoms in total. The van der Waals surface area contributed by atoms with Crippen LogP contribution in [0.25, 0.3) is 0 Å². The van der Waals surface area contributed by atoms with Crippen LogP contribution in [-0.4, -0.2) is 61.5 Å². The highest BCUT2D eigenvalue weighted by atomic mass is 32.2. The summed E-state index contributed by atoms with van der Waals surface area (Å²) >= 11 is 0. The first-order valence-electron chi connectivity index (χ1n) is 9.39. The standard InChI is InChI=1S/C19H25FN4O4S/c1-13-18(15(3)28-21-13)29(26,27)22-14(2)19(25)24-10-8-23(9-11-24)12-16-6-4-5-7-17(16)20/h4-7,14,22H,8-12H2,1-3H3/t14-/m0/s1. The topological polar surface area (TPSA) is 95.8 Å². The molecule has 1 aliphatic rings. The third-order valence-electron chi connectivity index (χ3n) is 4.97. The molecule has 3 rings (SSSR count). The lowest BCUT2D eigenvalue weighted by molar-refractivity contribution is -0.134. The molecule has 29 heavy (non-hydrogen) atoms. The van der Waals surface area contributed by atoms with Crippen molar-refractivity contribution in [3.63, 3.8) is 0 Å². The van der Waals surface area contributed by atoms with Crippen LogP contribution in [0, 0.1) is 19.7 Å². The fourth-order valence-corrected chi connectivity index (χ4v) is 4.99. The van der Waals surface area contributed by atoms with Gasteiger partial charge >= 0.3 is 0 Å². The van der Waals surface area contributed by atoms with Gasteiger partial charge in [0.1, 0.15) is 16.4 Å². The molecule has 0 unspecified atom stereocenters. The van der Waals surface area contributed by atoms with Crippen LogP contribution >= 0.6 is 0 Å². The van der Waals surface area contributed by atoms with E-state index >= 15 is 0 Å². The Hall–Kier alpha value is -2.30. The summed E-state index contributed by atoms with van der Waals surface area (Å²) in [6.45, 7) is 7.11. The van der Waals surface area contributed by atoms with Crippen molar-refractivity contribution in [2.75, 3.05) is 26.2 Å². The molecule has 158 valence electrons. The Morgan fingerprint density at radius 3 is 2.48 bits per heavy atom. The molecule has 2 aromatic rings. The predicted molar refractivity (Wildman–Crippen MR) is 104 cm³/mol. The molecule has 0 saturated carbocycles. The van der Waals surface area contributed by atoms with Crippen molar-refractivity contribution in [2.45, 2.75) is 38.3 Å². The highest BCUT2D eigenvalue weighted by Gasteiger charge is 2.31. The number of halogens is 1. The number of carbonyl (C=O) groups is 1. The molecule has 1 saturated heterocycles. The summed E-state index contributed by atoms with van der Waals surface area (Å²) in [7, 11) is -3.92. The first-order chi connectivity index (χ1) is 13.7. The molecule has 2 heterocycles. The summed E-state index contributed by atoms with van der Waals surface area (Å²) in [5.74, 6) is -0.365. The Kier molecular flexibility index (Phi) is 6.35. The molecule has 10 heteroatoms. The van der Waals surface area contributed by atoms with Gasteiger partial charge in [0.05, 0.1) is 6.04 Å². The molecule has 1 aliphatic heterocycles. The van der Waals surface area contributed by atoms with Gasteiger partial charge in [-0.1, -0.05) is 23.4 Å². The molecular formula is C19H25FN4O4S. The van der Waals surface area contributed by atoms with Crippen molar-refractivity contribution in [1.82, 2.24) is 19.7 Å². The van der Waals surface area contributed by atoms with Crippen LogP contribution in [-0.2, 0) is 21.4 Å². The zero-order valence-electron chi connectivity index (χ0n) is 16.7. The first-order valence-corrected chi connectivity index (χ1v) is 10.9. The second-order valence-electron chi connectivity index (χ2n) is 7.19. The maximum atomic E-state index is 13.8. The number of amides is 1. The SMILES string of the molecule is Cc1noc(C)c1S(=O)(=O)N[C@@H](C)C(=O)N1CCN(Cc2ccccc2F)CC1. The zero-order valence-corrected chi connectivity index (χ0v) is 17.5. The van der Waals surface area contributed by atoms with Gasteiger partial charge in [-0.2, -0.15) is 4.72 Å². The van der Waals surface area contributed by atoms with Crippen LogP contribution in [0.15, 0.2) is 33.7 Å². The van der Waals surface area contributed by atoms with Gasteiger partial charge in [-0.3, -0.25) is 9.69 Å². The van der Waals surface area contributed by atoms with Crippen LogP contribution < -0.4 is 4.72 Å². The highest BCUT2D eigenvalue weighted by molar-refractivity contribution is 7.89. The van der Waals surface area contributed by atoms with Gasteiger partial charge in [-0.25, -0.2) is 12.8 Å². The predicted octanol–water partition coefficient (Wildman–Crippen LogP) is 1.44. The minimum absolute atomic E-state index is 0.0353. The van der Waals surface area contributed by atoms with E-state index in [-0.39, 0.29) is 28.1 Å². The van der Waals surface area contributed by atoms with E-state index in [9.17, 15) is 17.6 Å². The zero-order chi connectivity index (χ0) is 21.2. The molecule has 1 amide bonds. The van der Waals surface area contributed by atoms with Gasteiger partial charge in [0.15, 0.2) is 5.76 Å². The highest BCUT2D eigenvalue weighted by Crippen LogP contribution is 2.19. The number of benzene rings is 1.